The quantitative estimate of drug-likeness (QED) is 0.481. The van der Waals surface area contributed by atoms with Gasteiger partial charge in [0.05, 0.1) is 12.8 Å². The highest BCUT2D eigenvalue weighted by molar-refractivity contribution is 5.90. The SMILES string of the molecule is COc1ccc(NC(=O)C[C@H](C)Cc2nnc3c(=O)n(-c4cccc(F)c4)ccn23)cc1. The predicted octanol–water partition coefficient (Wildman–Crippen LogP) is 3.24. The van der Waals surface area contributed by atoms with E-state index < -0.39 is 11.4 Å². The van der Waals surface area contributed by atoms with Gasteiger partial charge in [-0.15, -0.1) is 10.2 Å². The monoisotopic (exact) mass is 435 g/mol. The summed E-state index contributed by atoms with van der Waals surface area (Å²) >= 11 is 0. The zero-order chi connectivity index (χ0) is 22.7. The van der Waals surface area contributed by atoms with Crippen molar-refractivity contribution in [3.05, 3.63) is 82.9 Å². The van der Waals surface area contributed by atoms with Gasteiger partial charge >= 0.3 is 5.56 Å². The molecule has 2 heterocycles. The first kappa shape index (κ1) is 21.2. The lowest BCUT2D eigenvalue weighted by Crippen LogP contribution is -2.21. The molecule has 1 amide bonds. The van der Waals surface area contributed by atoms with Crippen LogP contribution in [0, 0.1) is 11.7 Å². The Morgan fingerprint density at radius 2 is 1.94 bits per heavy atom. The van der Waals surface area contributed by atoms with Crippen LogP contribution in [-0.2, 0) is 11.2 Å². The third kappa shape index (κ3) is 4.51. The molecule has 0 fully saturated rings. The normalized spacial score (nSPS) is 12.0. The molecule has 1 N–H and O–H groups in total. The van der Waals surface area contributed by atoms with E-state index in [4.69, 9.17) is 4.74 Å². The summed E-state index contributed by atoms with van der Waals surface area (Å²) in [6.45, 7) is 1.93. The Labute approximate surface area is 183 Å². The van der Waals surface area contributed by atoms with E-state index in [0.29, 0.717) is 29.4 Å². The predicted molar refractivity (Wildman–Crippen MR) is 118 cm³/mol. The largest absolute Gasteiger partial charge is 0.497 e. The van der Waals surface area contributed by atoms with Crippen LogP contribution in [0.4, 0.5) is 10.1 Å². The van der Waals surface area contributed by atoms with Crippen LogP contribution in [0.15, 0.2) is 65.7 Å². The Balaban J connectivity index is 1.46. The first-order chi connectivity index (χ1) is 15.4. The molecule has 0 saturated carbocycles. The maximum absolute atomic E-state index is 13.5. The number of methoxy groups -OCH3 is 1. The van der Waals surface area contributed by atoms with Crippen molar-refractivity contribution in [2.24, 2.45) is 5.92 Å². The van der Waals surface area contributed by atoms with Crippen LogP contribution in [0.1, 0.15) is 19.2 Å². The second kappa shape index (κ2) is 9.01. The van der Waals surface area contributed by atoms with E-state index in [1.807, 2.05) is 6.92 Å². The standard InChI is InChI=1S/C23H22FN5O3/c1-15(13-21(30)25-17-6-8-19(32-2)9-7-17)12-20-26-27-22-23(31)28(10-11-29(20)22)18-5-3-4-16(24)14-18/h3-11,14-15H,12-13H2,1-2H3,(H,25,30)/t15-/m1/s1. The Morgan fingerprint density at radius 3 is 2.66 bits per heavy atom. The van der Waals surface area contributed by atoms with Gasteiger partial charge < -0.3 is 10.1 Å². The van der Waals surface area contributed by atoms with Crippen molar-refractivity contribution in [1.82, 2.24) is 19.2 Å². The number of rotatable bonds is 7. The van der Waals surface area contributed by atoms with E-state index >= 15 is 0 Å². The van der Waals surface area contributed by atoms with Crippen molar-refractivity contribution >= 4 is 17.2 Å². The molecule has 2 aromatic heterocycles. The van der Waals surface area contributed by atoms with Gasteiger partial charge in [0.1, 0.15) is 17.4 Å². The van der Waals surface area contributed by atoms with Gasteiger partial charge in [-0.3, -0.25) is 18.6 Å². The molecule has 0 unspecified atom stereocenters. The molecule has 8 nitrogen and oxygen atoms in total. The fourth-order valence-electron chi connectivity index (χ4n) is 3.49. The zero-order valence-corrected chi connectivity index (χ0v) is 17.7. The van der Waals surface area contributed by atoms with Crippen LogP contribution in [-0.4, -0.2) is 32.2 Å². The number of amides is 1. The number of hydrogen-bond acceptors (Lipinski definition) is 5. The van der Waals surface area contributed by atoms with Crippen molar-refractivity contribution in [1.29, 1.82) is 0 Å². The summed E-state index contributed by atoms with van der Waals surface area (Å²) in [4.78, 5) is 25.2. The summed E-state index contributed by atoms with van der Waals surface area (Å²) in [5.41, 5.74) is 0.836. The third-order valence-electron chi connectivity index (χ3n) is 5.07. The zero-order valence-electron chi connectivity index (χ0n) is 17.7. The van der Waals surface area contributed by atoms with Gasteiger partial charge in [-0.2, -0.15) is 0 Å². The van der Waals surface area contributed by atoms with Gasteiger partial charge in [0, 0.05) is 30.9 Å². The summed E-state index contributed by atoms with van der Waals surface area (Å²) in [6.07, 6.45) is 3.96. The number of hydrogen-bond donors (Lipinski definition) is 1. The van der Waals surface area contributed by atoms with E-state index in [0.717, 1.165) is 0 Å². The molecule has 0 spiro atoms. The highest BCUT2D eigenvalue weighted by atomic mass is 19.1. The number of carbonyl (C=O) groups excluding carboxylic acids is 1. The maximum atomic E-state index is 13.5. The molecule has 2 aromatic carbocycles. The van der Waals surface area contributed by atoms with Crippen molar-refractivity contribution in [3.63, 3.8) is 0 Å². The van der Waals surface area contributed by atoms with Crippen LogP contribution in [0.2, 0.25) is 0 Å². The molecule has 4 aromatic rings. The molecular weight excluding hydrogens is 413 g/mol. The Kier molecular flexibility index (Phi) is 5.98. The first-order valence-corrected chi connectivity index (χ1v) is 10.1. The smallest absolute Gasteiger partial charge is 0.300 e. The molecule has 9 heteroatoms. The summed E-state index contributed by atoms with van der Waals surface area (Å²) in [5, 5.41) is 11.0. The number of ether oxygens (including phenoxy) is 1. The minimum absolute atomic E-state index is 0.0358. The number of nitrogens with zero attached hydrogens (tertiary/aromatic N) is 4. The molecule has 0 radical (unpaired) electrons. The molecule has 164 valence electrons. The summed E-state index contributed by atoms with van der Waals surface area (Å²) in [6, 6.07) is 12.9. The van der Waals surface area contributed by atoms with Crippen LogP contribution in [0.3, 0.4) is 0 Å². The minimum Gasteiger partial charge on any atom is -0.497 e. The van der Waals surface area contributed by atoms with Crippen LogP contribution in [0.25, 0.3) is 11.3 Å². The number of anilines is 1. The van der Waals surface area contributed by atoms with Crippen LogP contribution < -0.4 is 15.6 Å². The molecule has 0 bridgehead atoms. The Morgan fingerprint density at radius 1 is 1.16 bits per heavy atom. The lowest BCUT2D eigenvalue weighted by molar-refractivity contribution is -0.116. The van der Waals surface area contributed by atoms with Crippen molar-refractivity contribution in [3.8, 4) is 11.4 Å². The lowest BCUT2D eigenvalue weighted by atomic mass is 10.0. The molecule has 0 aliphatic rings. The fraction of sp³-hybridized carbons (Fsp3) is 0.217. The second-order valence-electron chi connectivity index (χ2n) is 7.55. The topological polar surface area (TPSA) is 90.5 Å². The molecule has 4 rings (SSSR count). The van der Waals surface area contributed by atoms with Gasteiger partial charge in [0.2, 0.25) is 11.6 Å². The summed E-state index contributed by atoms with van der Waals surface area (Å²) in [5.74, 6) is 0.703. The van der Waals surface area contributed by atoms with E-state index in [2.05, 4.69) is 15.5 Å². The Bertz CT molecular complexity index is 1310. The van der Waals surface area contributed by atoms with Crippen molar-refractivity contribution in [2.75, 3.05) is 12.4 Å². The number of benzene rings is 2. The van der Waals surface area contributed by atoms with Crippen molar-refractivity contribution < 1.29 is 13.9 Å². The molecule has 0 saturated heterocycles. The first-order valence-electron chi connectivity index (χ1n) is 10.1. The van der Waals surface area contributed by atoms with Crippen molar-refractivity contribution in [2.45, 2.75) is 19.8 Å². The van der Waals surface area contributed by atoms with Gasteiger partial charge in [-0.25, -0.2) is 4.39 Å². The number of aromatic nitrogens is 4. The van der Waals surface area contributed by atoms with Gasteiger partial charge in [-0.05, 0) is 48.4 Å². The Hall–Kier alpha value is -4.01. The van der Waals surface area contributed by atoms with Gasteiger partial charge in [0.15, 0.2) is 0 Å². The highest BCUT2D eigenvalue weighted by Crippen LogP contribution is 2.17. The summed E-state index contributed by atoms with van der Waals surface area (Å²) in [7, 11) is 1.58. The van der Waals surface area contributed by atoms with E-state index in [-0.39, 0.29) is 23.9 Å². The van der Waals surface area contributed by atoms with E-state index in [9.17, 15) is 14.0 Å². The lowest BCUT2D eigenvalue weighted by Gasteiger charge is -2.11. The third-order valence-corrected chi connectivity index (χ3v) is 5.07. The van der Waals surface area contributed by atoms with E-state index in [1.54, 1.807) is 54.2 Å². The fourth-order valence-corrected chi connectivity index (χ4v) is 3.49. The number of fused-ring (bicyclic) bond motifs is 1. The highest BCUT2D eigenvalue weighted by Gasteiger charge is 2.16. The molecule has 1 atom stereocenters. The average Bonchev–Trinajstić information content (AvgIpc) is 3.18. The number of halogens is 1. The molecule has 32 heavy (non-hydrogen) atoms. The van der Waals surface area contributed by atoms with E-state index in [1.165, 1.54) is 22.8 Å². The number of nitrogens with one attached hydrogen (secondary N) is 1. The molecular formula is C23H22FN5O3. The average molecular weight is 435 g/mol. The van der Waals surface area contributed by atoms with Crippen LogP contribution in [0.5, 0.6) is 5.75 Å². The second-order valence-corrected chi connectivity index (χ2v) is 7.55. The number of carbonyl (C=O) groups is 1. The van der Waals surface area contributed by atoms with Crippen LogP contribution >= 0.6 is 0 Å². The minimum atomic E-state index is -0.432. The molecule has 0 aliphatic heterocycles. The molecule has 0 aliphatic carbocycles. The van der Waals surface area contributed by atoms with Gasteiger partial charge in [0.25, 0.3) is 0 Å². The summed E-state index contributed by atoms with van der Waals surface area (Å²) < 4.78 is 21.6. The van der Waals surface area contributed by atoms with Gasteiger partial charge in [-0.1, -0.05) is 13.0 Å². The maximum Gasteiger partial charge on any atom is 0.300 e.